The Morgan fingerprint density at radius 3 is 2.29 bits per heavy atom. The van der Waals surface area contributed by atoms with Gasteiger partial charge in [-0.05, 0) is 37.1 Å². The molecule has 2 aromatic rings. The lowest BCUT2D eigenvalue weighted by molar-refractivity contribution is -0.160. The van der Waals surface area contributed by atoms with Gasteiger partial charge in [0.2, 0.25) is 0 Å². The highest BCUT2D eigenvalue weighted by Gasteiger charge is 2.46. The van der Waals surface area contributed by atoms with Crippen LogP contribution < -0.4 is 5.32 Å². The fourth-order valence-corrected chi connectivity index (χ4v) is 5.14. The summed E-state index contributed by atoms with van der Waals surface area (Å²) in [6.45, 7) is 2.19. The number of anilines is 1. The lowest BCUT2D eigenvalue weighted by atomic mass is 9.96. The Morgan fingerprint density at radius 2 is 1.69 bits per heavy atom. The molecule has 0 atom stereocenters. The third-order valence-electron chi connectivity index (χ3n) is 6.64. The van der Waals surface area contributed by atoms with E-state index in [0.717, 1.165) is 18.8 Å². The van der Waals surface area contributed by atoms with E-state index in [1.54, 1.807) is 32.3 Å². The van der Waals surface area contributed by atoms with Gasteiger partial charge >= 0.3 is 5.92 Å². The van der Waals surface area contributed by atoms with E-state index in [9.17, 15) is 18.4 Å². The number of piperidine rings is 1. The van der Waals surface area contributed by atoms with Crippen LogP contribution in [0.1, 0.15) is 28.8 Å². The highest BCUT2D eigenvalue weighted by atomic mass is 35.5. The van der Waals surface area contributed by atoms with Crippen LogP contribution in [-0.4, -0.2) is 78.9 Å². The standard InChI is InChI=1S/C25H28Cl2F2N4O2/c1-31(2)23(34)19-8-7-16(13-22(19)27)30-17-14-33(15-17)18-9-11-32(12-10-18)24(35)25(28,29)20-5-3-4-6-21(20)26/h3-8,13,17-18,30H,9-12,14-15H2,1-2H3. The number of likely N-dealkylation sites (tertiary alicyclic amines) is 2. The molecule has 35 heavy (non-hydrogen) atoms. The predicted molar refractivity (Wildman–Crippen MR) is 133 cm³/mol. The minimum absolute atomic E-state index is 0.111. The fraction of sp³-hybridized carbons (Fsp3) is 0.440. The molecule has 0 spiro atoms. The summed E-state index contributed by atoms with van der Waals surface area (Å²) in [7, 11) is 3.36. The number of nitrogens with one attached hydrogen (secondary N) is 1. The Labute approximate surface area is 213 Å². The first-order valence-electron chi connectivity index (χ1n) is 11.5. The molecule has 0 aliphatic carbocycles. The lowest BCUT2D eigenvalue weighted by Crippen LogP contribution is -2.61. The molecule has 2 heterocycles. The molecule has 1 N–H and O–H groups in total. The number of carbonyl (C=O) groups excluding carboxylic acids is 2. The molecule has 0 unspecified atom stereocenters. The summed E-state index contributed by atoms with van der Waals surface area (Å²) in [6, 6.07) is 11.4. The van der Waals surface area contributed by atoms with E-state index in [0.29, 0.717) is 23.4 Å². The van der Waals surface area contributed by atoms with E-state index in [1.165, 1.54) is 28.0 Å². The van der Waals surface area contributed by atoms with Gasteiger partial charge in [-0.15, -0.1) is 0 Å². The number of rotatable bonds is 6. The first kappa shape index (κ1) is 25.7. The molecule has 2 aromatic carbocycles. The van der Waals surface area contributed by atoms with Crippen LogP contribution in [0.4, 0.5) is 14.5 Å². The van der Waals surface area contributed by atoms with Gasteiger partial charge in [0.15, 0.2) is 0 Å². The van der Waals surface area contributed by atoms with Gasteiger partial charge in [-0.1, -0.05) is 41.4 Å². The van der Waals surface area contributed by atoms with E-state index in [2.05, 4.69) is 10.2 Å². The summed E-state index contributed by atoms with van der Waals surface area (Å²) in [5.74, 6) is -4.99. The van der Waals surface area contributed by atoms with Crippen LogP contribution in [0.15, 0.2) is 42.5 Å². The van der Waals surface area contributed by atoms with Crippen LogP contribution in [0.2, 0.25) is 10.0 Å². The summed E-state index contributed by atoms with van der Waals surface area (Å²) in [5.41, 5.74) is 0.848. The molecule has 0 saturated carbocycles. The third kappa shape index (κ3) is 5.39. The van der Waals surface area contributed by atoms with Gasteiger partial charge in [0.05, 0.1) is 21.7 Å². The molecule has 6 nitrogen and oxygen atoms in total. The Hall–Kier alpha value is -2.42. The van der Waals surface area contributed by atoms with Crippen molar-refractivity contribution in [3.05, 3.63) is 63.6 Å². The summed E-state index contributed by atoms with van der Waals surface area (Å²) >= 11 is 12.2. The maximum absolute atomic E-state index is 14.8. The van der Waals surface area contributed by atoms with Crippen LogP contribution in [0.25, 0.3) is 0 Å². The van der Waals surface area contributed by atoms with Gasteiger partial charge in [-0.2, -0.15) is 8.78 Å². The quantitative estimate of drug-likeness (QED) is 0.601. The Balaban J connectivity index is 1.26. The molecular formula is C25H28Cl2F2N4O2. The zero-order valence-corrected chi connectivity index (χ0v) is 21.1. The minimum atomic E-state index is -3.65. The molecule has 0 bridgehead atoms. The van der Waals surface area contributed by atoms with Crippen LogP contribution in [0.3, 0.4) is 0 Å². The molecule has 188 valence electrons. The number of amides is 2. The van der Waals surface area contributed by atoms with Crippen LogP contribution in [-0.2, 0) is 10.7 Å². The zero-order valence-electron chi connectivity index (χ0n) is 19.6. The summed E-state index contributed by atoms with van der Waals surface area (Å²) in [6.07, 6.45) is 1.29. The van der Waals surface area contributed by atoms with E-state index >= 15 is 0 Å². The smallest absolute Gasteiger partial charge is 0.351 e. The number of nitrogens with zero attached hydrogens (tertiary/aromatic N) is 3. The Kier molecular flexibility index (Phi) is 7.54. The van der Waals surface area contributed by atoms with Crippen molar-refractivity contribution < 1.29 is 18.4 Å². The number of benzene rings is 2. The van der Waals surface area contributed by atoms with Gasteiger partial charge in [0.25, 0.3) is 11.8 Å². The first-order valence-corrected chi connectivity index (χ1v) is 12.3. The number of hydrogen-bond donors (Lipinski definition) is 1. The van der Waals surface area contributed by atoms with Gasteiger partial charge in [-0.3, -0.25) is 14.5 Å². The van der Waals surface area contributed by atoms with E-state index in [-0.39, 0.29) is 36.1 Å². The van der Waals surface area contributed by atoms with Crippen LogP contribution in [0.5, 0.6) is 0 Å². The predicted octanol–water partition coefficient (Wildman–Crippen LogP) is 4.57. The molecule has 2 saturated heterocycles. The van der Waals surface area contributed by atoms with Crippen LogP contribution >= 0.6 is 23.2 Å². The number of hydrogen-bond acceptors (Lipinski definition) is 4. The number of alkyl halides is 2. The largest absolute Gasteiger partial charge is 0.380 e. The molecule has 2 fully saturated rings. The summed E-state index contributed by atoms with van der Waals surface area (Å²) in [4.78, 5) is 29.7. The molecule has 2 amide bonds. The van der Waals surface area contributed by atoms with Crippen molar-refractivity contribution in [1.82, 2.24) is 14.7 Å². The van der Waals surface area contributed by atoms with E-state index in [1.807, 2.05) is 6.07 Å². The Bertz CT molecular complexity index is 1100. The molecule has 4 rings (SSSR count). The van der Waals surface area contributed by atoms with E-state index < -0.39 is 17.4 Å². The second-order valence-corrected chi connectivity index (χ2v) is 10.1. The normalized spacial score (nSPS) is 17.7. The first-order chi connectivity index (χ1) is 16.6. The minimum Gasteiger partial charge on any atom is -0.380 e. The second kappa shape index (κ2) is 10.3. The van der Waals surface area contributed by atoms with Crippen molar-refractivity contribution in [1.29, 1.82) is 0 Å². The molecular weight excluding hydrogens is 497 g/mol. The number of carbonyl (C=O) groups is 2. The van der Waals surface area contributed by atoms with Crippen molar-refractivity contribution in [3.8, 4) is 0 Å². The van der Waals surface area contributed by atoms with Crippen LogP contribution in [0, 0.1) is 0 Å². The van der Waals surface area contributed by atoms with Crippen molar-refractivity contribution in [2.24, 2.45) is 0 Å². The van der Waals surface area contributed by atoms with Crippen molar-refractivity contribution in [2.75, 3.05) is 45.6 Å². The monoisotopic (exact) mass is 524 g/mol. The van der Waals surface area contributed by atoms with Crippen molar-refractivity contribution >= 4 is 40.7 Å². The van der Waals surface area contributed by atoms with Crippen molar-refractivity contribution in [3.63, 3.8) is 0 Å². The molecule has 0 aromatic heterocycles. The average Bonchev–Trinajstić information content (AvgIpc) is 2.80. The van der Waals surface area contributed by atoms with Gasteiger partial charge < -0.3 is 15.1 Å². The van der Waals surface area contributed by atoms with Gasteiger partial charge in [0.1, 0.15) is 0 Å². The summed E-state index contributed by atoms with van der Waals surface area (Å²) in [5, 5.41) is 3.71. The highest BCUT2D eigenvalue weighted by molar-refractivity contribution is 6.34. The fourth-order valence-electron chi connectivity index (χ4n) is 4.62. The van der Waals surface area contributed by atoms with Crippen molar-refractivity contribution in [2.45, 2.75) is 30.8 Å². The third-order valence-corrected chi connectivity index (χ3v) is 7.28. The topological polar surface area (TPSA) is 55.9 Å². The number of halogens is 4. The molecule has 2 aliphatic heterocycles. The molecule has 2 aliphatic rings. The van der Waals surface area contributed by atoms with Gasteiger partial charge in [-0.25, -0.2) is 0 Å². The molecule has 0 radical (unpaired) electrons. The summed E-state index contributed by atoms with van der Waals surface area (Å²) < 4.78 is 29.6. The second-order valence-electron chi connectivity index (χ2n) is 9.27. The highest BCUT2D eigenvalue weighted by Crippen LogP contribution is 2.36. The maximum atomic E-state index is 14.8. The zero-order chi connectivity index (χ0) is 25.3. The average molecular weight is 525 g/mol. The molecule has 10 heteroatoms. The maximum Gasteiger partial charge on any atom is 0.351 e. The Morgan fingerprint density at radius 1 is 1.03 bits per heavy atom. The SMILES string of the molecule is CN(C)C(=O)c1ccc(NC2CN(C3CCN(C(=O)C(F)(F)c4ccccc4Cl)CC3)C2)cc1Cl. The van der Waals surface area contributed by atoms with Gasteiger partial charge in [0, 0.05) is 57.6 Å². The lowest BCUT2D eigenvalue weighted by Gasteiger charge is -2.47. The van der Waals surface area contributed by atoms with E-state index in [4.69, 9.17) is 23.2 Å².